The highest BCUT2D eigenvalue weighted by Crippen LogP contribution is 2.30. The molecule has 0 bridgehead atoms. The molecule has 0 saturated heterocycles. The van der Waals surface area contributed by atoms with Crippen molar-refractivity contribution < 1.29 is 14.3 Å². The van der Waals surface area contributed by atoms with Crippen LogP contribution in [0.5, 0.6) is 0 Å². The fourth-order valence-electron chi connectivity index (χ4n) is 4.15. The lowest BCUT2D eigenvalue weighted by atomic mass is 9.77. The second kappa shape index (κ2) is 10.8. The average molecular weight is 436 g/mol. The molecule has 0 aromatic heterocycles. The molecule has 0 saturated carbocycles. The number of carbonyl (C=O) groups excluding carboxylic acids is 2. The Balaban J connectivity index is 1.79. The van der Waals surface area contributed by atoms with E-state index in [2.05, 4.69) is 42.0 Å². The molecule has 1 atom stereocenters. The molecule has 6 nitrogen and oxygen atoms in total. The number of carbonyl (C=O) groups is 2. The number of benzene rings is 2. The van der Waals surface area contributed by atoms with Crippen LogP contribution >= 0.6 is 0 Å². The molecule has 0 fully saturated rings. The molecule has 32 heavy (non-hydrogen) atoms. The SMILES string of the molecule is C=CCCOC(=O)NC1(C(=O)Nc2ccc(N(CC)CC)cc2)CCc2ccccc2C1. The van der Waals surface area contributed by atoms with Crippen LogP contribution in [0.25, 0.3) is 0 Å². The van der Waals surface area contributed by atoms with Crippen molar-refractivity contribution in [2.45, 2.75) is 45.1 Å². The van der Waals surface area contributed by atoms with Crippen LogP contribution in [0.15, 0.2) is 61.2 Å². The molecule has 6 heteroatoms. The maximum Gasteiger partial charge on any atom is 0.408 e. The summed E-state index contributed by atoms with van der Waals surface area (Å²) >= 11 is 0. The second-order valence-electron chi connectivity index (χ2n) is 8.04. The van der Waals surface area contributed by atoms with Crippen LogP contribution in [-0.4, -0.2) is 37.2 Å². The molecule has 1 unspecified atom stereocenters. The molecule has 0 radical (unpaired) electrons. The molecule has 0 spiro atoms. The maximum absolute atomic E-state index is 13.5. The first-order chi connectivity index (χ1) is 15.5. The van der Waals surface area contributed by atoms with Gasteiger partial charge in [-0.2, -0.15) is 0 Å². The van der Waals surface area contributed by atoms with Gasteiger partial charge in [-0.25, -0.2) is 4.79 Å². The Hall–Kier alpha value is -3.28. The minimum atomic E-state index is -1.07. The first-order valence-electron chi connectivity index (χ1n) is 11.3. The highest BCUT2D eigenvalue weighted by Gasteiger charge is 2.43. The summed E-state index contributed by atoms with van der Waals surface area (Å²) < 4.78 is 5.26. The van der Waals surface area contributed by atoms with Crippen molar-refractivity contribution in [2.75, 3.05) is 29.9 Å². The minimum absolute atomic E-state index is 0.233. The van der Waals surface area contributed by atoms with Crippen molar-refractivity contribution in [3.63, 3.8) is 0 Å². The van der Waals surface area contributed by atoms with E-state index in [1.165, 1.54) is 5.56 Å². The van der Waals surface area contributed by atoms with Gasteiger partial charge in [0.2, 0.25) is 0 Å². The minimum Gasteiger partial charge on any atom is -0.449 e. The van der Waals surface area contributed by atoms with E-state index in [4.69, 9.17) is 4.74 Å². The van der Waals surface area contributed by atoms with E-state index < -0.39 is 11.6 Å². The van der Waals surface area contributed by atoms with Gasteiger partial charge in [0.25, 0.3) is 5.91 Å². The lowest BCUT2D eigenvalue weighted by Gasteiger charge is -2.37. The van der Waals surface area contributed by atoms with Gasteiger partial charge in [0, 0.05) is 30.9 Å². The van der Waals surface area contributed by atoms with Crippen molar-refractivity contribution in [3.05, 3.63) is 72.3 Å². The zero-order chi connectivity index (χ0) is 23.0. The highest BCUT2D eigenvalue weighted by molar-refractivity contribution is 6.00. The largest absolute Gasteiger partial charge is 0.449 e. The Morgan fingerprint density at radius 1 is 1.09 bits per heavy atom. The summed E-state index contributed by atoms with van der Waals surface area (Å²) in [6.45, 7) is 9.94. The number of alkyl carbamates (subject to hydrolysis) is 1. The number of hydrogen-bond donors (Lipinski definition) is 2. The number of ether oxygens (including phenoxy) is 1. The Morgan fingerprint density at radius 3 is 2.44 bits per heavy atom. The maximum atomic E-state index is 13.5. The molecule has 170 valence electrons. The van der Waals surface area contributed by atoms with Crippen LogP contribution in [0, 0.1) is 0 Å². The summed E-state index contributed by atoms with van der Waals surface area (Å²) in [6, 6.07) is 15.9. The third-order valence-corrected chi connectivity index (χ3v) is 6.02. The zero-order valence-corrected chi connectivity index (χ0v) is 19.0. The molecular formula is C26H33N3O3. The quantitative estimate of drug-likeness (QED) is 0.442. The first-order valence-corrected chi connectivity index (χ1v) is 11.3. The van der Waals surface area contributed by atoms with Gasteiger partial charge >= 0.3 is 6.09 Å². The van der Waals surface area contributed by atoms with Gasteiger partial charge in [-0.15, -0.1) is 6.58 Å². The number of aryl methyl sites for hydroxylation is 1. The Labute approximate surface area is 190 Å². The molecule has 2 aromatic carbocycles. The fourth-order valence-corrected chi connectivity index (χ4v) is 4.15. The third-order valence-electron chi connectivity index (χ3n) is 6.02. The van der Waals surface area contributed by atoms with Crippen LogP contribution < -0.4 is 15.5 Å². The number of nitrogens with one attached hydrogen (secondary N) is 2. The Kier molecular flexibility index (Phi) is 7.92. The van der Waals surface area contributed by atoms with Gasteiger partial charge in [0.1, 0.15) is 5.54 Å². The monoisotopic (exact) mass is 435 g/mol. The third kappa shape index (κ3) is 5.49. The summed E-state index contributed by atoms with van der Waals surface area (Å²) in [7, 11) is 0. The van der Waals surface area contributed by atoms with Gasteiger partial charge < -0.3 is 20.3 Å². The normalized spacial score (nSPS) is 17.1. The number of nitrogens with zero attached hydrogens (tertiary/aromatic N) is 1. The van der Waals surface area contributed by atoms with Crippen LogP contribution in [0.4, 0.5) is 16.2 Å². The van der Waals surface area contributed by atoms with Gasteiger partial charge in [-0.05, 0) is 68.5 Å². The van der Waals surface area contributed by atoms with Gasteiger partial charge in [0.15, 0.2) is 0 Å². The van der Waals surface area contributed by atoms with E-state index in [0.717, 1.165) is 24.3 Å². The predicted octanol–water partition coefficient (Wildman–Crippen LogP) is 4.70. The number of anilines is 2. The van der Waals surface area contributed by atoms with Crippen LogP contribution in [0.1, 0.15) is 37.8 Å². The second-order valence-corrected chi connectivity index (χ2v) is 8.04. The standard InChI is InChI=1S/C26H33N3O3/c1-4-7-18-32-25(31)28-26(17-16-20-10-8-9-11-21(20)19-26)24(30)27-22-12-14-23(15-13-22)29(5-2)6-3/h4,8-15H,1,5-7,16-19H2,2-3H3,(H,27,30)(H,28,31). The van der Waals surface area contributed by atoms with Gasteiger partial charge in [-0.1, -0.05) is 30.3 Å². The lowest BCUT2D eigenvalue weighted by Crippen LogP contribution is -2.60. The molecule has 2 aromatic rings. The van der Waals surface area contributed by atoms with Crippen LogP contribution in [0.2, 0.25) is 0 Å². The highest BCUT2D eigenvalue weighted by atomic mass is 16.5. The summed E-state index contributed by atoms with van der Waals surface area (Å²) in [5.41, 5.74) is 3.01. The van der Waals surface area contributed by atoms with Gasteiger partial charge in [-0.3, -0.25) is 4.79 Å². The van der Waals surface area contributed by atoms with Crippen molar-refractivity contribution in [1.29, 1.82) is 0 Å². The first kappa shape index (κ1) is 23.4. The average Bonchev–Trinajstić information content (AvgIpc) is 2.81. The van der Waals surface area contributed by atoms with E-state index in [1.54, 1.807) is 6.08 Å². The molecular weight excluding hydrogens is 402 g/mol. The molecule has 0 aliphatic heterocycles. The molecule has 0 heterocycles. The topological polar surface area (TPSA) is 70.7 Å². The zero-order valence-electron chi connectivity index (χ0n) is 19.0. The molecule has 1 aliphatic rings. The van der Waals surface area contributed by atoms with E-state index in [-0.39, 0.29) is 12.5 Å². The Morgan fingerprint density at radius 2 is 1.78 bits per heavy atom. The van der Waals surface area contributed by atoms with Crippen molar-refractivity contribution >= 4 is 23.4 Å². The van der Waals surface area contributed by atoms with Crippen LogP contribution in [-0.2, 0) is 22.4 Å². The summed E-state index contributed by atoms with van der Waals surface area (Å²) in [5, 5.41) is 5.90. The lowest BCUT2D eigenvalue weighted by molar-refractivity contribution is -0.122. The summed E-state index contributed by atoms with van der Waals surface area (Å²) in [5.74, 6) is -0.233. The van der Waals surface area contributed by atoms with Crippen molar-refractivity contribution in [2.24, 2.45) is 0 Å². The van der Waals surface area contributed by atoms with E-state index in [1.807, 2.05) is 42.5 Å². The van der Waals surface area contributed by atoms with Crippen molar-refractivity contribution in [3.8, 4) is 0 Å². The number of rotatable bonds is 9. The number of amides is 2. The molecule has 2 N–H and O–H groups in total. The van der Waals surface area contributed by atoms with Gasteiger partial charge in [0.05, 0.1) is 6.61 Å². The fraction of sp³-hybridized carbons (Fsp3) is 0.385. The summed E-state index contributed by atoms with van der Waals surface area (Å²) in [6.07, 6.45) is 3.30. The molecule has 2 amide bonds. The van der Waals surface area contributed by atoms with Crippen molar-refractivity contribution in [1.82, 2.24) is 5.32 Å². The number of fused-ring (bicyclic) bond motifs is 1. The Bertz CT molecular complexity index is 938. The van der Waals surface area contributed by atoms with Crippen LogP contribution in [0.3, 0.4) is 0 Å². The number of hydrogen-bond acceptors (Lipinski definition) is 4. The van der Waals surface area contributed by atoms with E-state index in [9.17, 15) is 9.59 Å². The van der Waals surface area contributed by atoms with E-state index in [0.29, 0.717) is 31.4 Å². The summed E-state index contributed by atoms with van der Waals surface area (Å²) in [4.78, 5) is 28.2. The predicted molar refractivity (Wildman–Crippen MR) is 129 cm³/mol. The smallest absolute Gasteiger partial charge is 0.408 e. The molecule has 3 rings (SSSR count). The molecule has 1 aliphatic carbocycles. The van der Waals surface area contributed by atoms with E-state index >= 15 is 0 Å².